The number of ketones is 1. The lowest BCUT2D eigenvalue weighted by Gasteiger charge is -2.25. The van der Waals surface area contributed by atoms with Crippen LogP contribution in [0.5, 0.6) is 0 Å². The van der Waals surface area contributed by atoms with Gasteiger partial charge in [0.15, 0.2) is 11.8 Å². The number of carbonyl (C=O) groups is 2. The van der Waals surface area contributed by atoms with E-state index in [-0.39, 0.29) is 6.42 Å². The Balaban J connectivity index is 2.80. The minimum atomic E-state index is -2.13. The highest BCUT2D eigenvalue weighted by molar-refractivity contribution is 5.86. The lowest BCUT2D eigenvalue weighted by molar-refractivity contribution is -0.147. The number of carboxylic acids is 1. The molecule has 0 bridgehead atoms. The van der Waals surface area contributed by atoms with Crippen LogP contribution in [0, 0.1) is 4.91 Å². The molecule has 0 aliphatic carbocycles. The van der Waals surface area contributed by atoms with Gasteiger partial charge in [-0.15, -0.1) is 4.91 Å². The van der Waals surface area contributed by atoms with E-state index >= 15 is 0 Å². The number of carbonyl (C=O) groups excluding carboxylic acids is 1. The third kappa shape index (κ3) is 5.06. The maximum absolute atomic E-state index is 11.8. The Kier molecular flexibility index (Phi) is 7.38. The molecule has 12 heteroatoms. The minimum absolute atomic E-state index is 0.216. The summed E-state index contributed by atoms with van der Waals surface area (Å²) in [7, 11) is 0. The molecular weight excluding hydrogens is 328 g/mol. The third-order valence-electron chi connectivity index (χ3n) is 3.27. The Bertz CT molecular complexity index is 551. The average Bonchev–Trinajstić information content (AvgIpc) is 3.08. The van der Waals surface area contributed by atoms with Gasteiger partial charge in [-0.1, -0.05) is 0 Å². The number of aliphatic hydroxyl groups is 4. The van der Waals surface area contributed by atoms with E-state index in [1.165, 1.54) is 12.5 Å². The maximum atomic E-state index is 11.8. The molecule has 0 saturated heterocycles. The molecule has 24 heavy (non-hydrogen) atoms. The van der Waals surface area contributed by atoms with E-state index in [1.807, 2.05) is 0 Å². The van der Waals surface area contributed by atoms with Crippen molar-refractivity contribution in [3.05, 3.63) is 23.1 Å². The Labute approximate surface area is 135 Å². The summed E-state index contributed by atoms with van der Waals surface area (Å²) >= 11 is 0. The van der Waals surface area contributed by atoms with Gasteiger partial charge in [0.25, 0.3) is 0 Å². The van der Waals surface area contributed by atoms with E-state index in [0.717, 1.165) is 0 Å². The zero-order valence-corrected chi connectivity index (χ0v) is 12.4. The monoisotopic (exact) mass is 346 g/mol. The molecule has 12 nitrogen and oxygen atoms in total. The normalized spacial score (nSPS) is 16.0. The van der Waals surface area contributed by atoms with Gasteiger partial charge in [0.2, 0.25) is 0 Å². The molecule has 0 saturated carbocycles. The van der Waals surface area contributed by atoms with Crippen molar-refractivity contribution in [3.8, 4) is 0 Å². The first kappa shape index (κ1) is 19.6. The van der Waals surface area contributed by atoms with E-state index < -0.39 is 49.3 Å². The number of rotatable bonds is 11. The summed E-state index contributed by atoms with van der Waals surface area (Å²) in [6, 6.07) is -1.51. The van der Waals surface area contributed by atoms with Crippen LogP contribution in [-0.4, -0.2) is 89.8 Å². The lowest BCUT2D eigenvalue weighted by Crippen LogP contribution is -2.49. The van der Waals surface area contributed by atoms with E-state index in [2.05, 4.69) is 15.3 Å². The van der Waals surface area contributed by atoms with Crippen LogP contribution in [0.25, 0.3) is 0 Å². The number of nitrogens with zero attached hydrogens (tertiary/aromatic N) is 3. The number of nitroso groups, excluding NO2 is 1. The van der Waals surface area contributed by atoms with Crippen LogP contribution >= 0.6 is 0 Å². The smallest absolute Gasteiger partial charge is 0.328 e. The molecule has 1 aromatic rings. The fraction of sp³-hybridized carbons (Fsp3) is 0.583. The molecule has 0 fully saturated rings. The third-order valence-corrected chi connectivity index (χ3v) is 3.27. The standard InChI is InChI=1S/C12H18N4O8/c17-4-9(19)11(21)10(20)8(18)3-16(15-24)7(12(22)23)1-6-2-13-5-14-6/h2,5,7,9-11,17,19-21H,1,3-4H2,(H,13,14)(H,22,23)/t7-,9+,10+,11+/m0/s1. The Morgan fingerprint density at radius 3 is 2.46 bits per heavy atom. The number of carboxylic acid groups (broad SMARTS) is 1. The van der Waals surface area contributed by atoms with Crippen LogP contribution in [-0.2, 0) is 16.0 Å². The maximum Gasteiger partial charge on any atom is 0.328 e. The van der Waals surface area contributed by atoms with Crippen molar-refractivity contribution in [2.24, 2.45) is 5.29 Å². The highest BCUT2D eigenvalue weighted by Crippen LogP contribution is 2.10. The van der Waals surface area contributed by atoms with Gasteiger partial charge in [-0.25, -0.2) is 14.8 Å². The first-order valence-electron chi connectivity index (χ1n) is 6.79. The number of aliphatic hydroxyl groups excluding tert-OH is 4. The lowest BCUT2D eigenvalue weighted by atomic mass is 10.0. The molecular formula is C12H18N4O8. The minimum Gasteiger partial charge on any atom is -0.480 e. The number of aromatic nitrogens is 2. The summed E-state index contributed by atoms with van der Waals surface area (Å²) in [5, 5.41) is 49.0. The van der Waals surface area contributed by atoms with Crippen LogP contribution in [0.4, 0.5) is 0 Å². The highest BCUT2D eigenvalue weighted by atomic mass is 16.4. The van der Waals surface area contributed by atoms with Gasteiger partial charge >= 0.3 is 5.97 Å². The van der Waals surface area contributed by atoms with E-state index in [4.69, 9.17) is 5.11 Å². The number of Topliss-reactive ketones (excluding diaryl/α,β-unsaturated/α-hetero) is 1. The summed E-state index contributed by atoms with van der Waals surface area (Å²) < 4.78 is 0. The van der Waals surface area contributed by atoms with Crippen molar-refractivity contribution in [1.29, 1.82) is 0 Å². The molecule has 134 valence electrons. The Morgan fingerprint density at radius 1 is 1.33 bits per heavy atom. The SMILES string of the molecule is O=NN(CC(=O)[C@@H](O)[C@H](O)[C@H](O)CO)[C@@H](Cc1cnc[nH]1)C(=O)O. The summed E-state index contributed by atoms with van der Waals surface area (Å²) in [6.45, 7) is -1.82. The topological polar surface area (TPSA) is 197 Å². The van der Waals surface area contributed by atoms with Gasteiger partial charge < -0.3 is 30.5 Å². The number of hydrogen-bond acceptors (Lipinski definition) is 9. The van der Waals surface area contributed by atoms with Crippen molar-refractivity contribution in [2.75, 3.05) is 13.2 Å². The van der Waals surface area contributed by atoms with Crippen LogP contribution in [0.2, 0.25) is 0 Å². The summed E-state index contributed by atoms with van der Waals surface area (Å²) in [5.41, 5.74) is 0.375. The van der Waals surface area contributed by atoms with E-state index in [0.29, 0.717) is 10.7 Å². The second-order valence-electron chi connectivity index (χ2n) is 4.97. The number of hydrogen-bond donors (Lipinski definition) is 6. The molecule has 1 heterocycles. The van der Waals surface area contributed by atoms with Crippen molar-refractivity contribution >= 4 is 11.8 Å². The fourth-order valence-corrected chi connectivity index (χ4v) is 1.88. The first-order valence-corrected chi connectivity index (χ1v) is 6.79. The van der Waals surface area contributed by atoms with Crippen molar-refractivity contribution in [3.63, 3.8) is 0 Å². The number of H-pyrrole nitrogens is 1. The number of aliphatic carboxylic acids is 1. The van der Waals surface area contributed by atoms with Gasteiger partial charge in [0, 0.05) is 18.3 Å². The molecule has 0 radical (unpaired) electrons. The molecule has 0 aliphatic heterocycles. The van der Waals surface area contributed by atoms with Crippen LogP contribution in [0.15, 0.2) is 17.8 Å². The van der Waals surface area contributed by atoms with Crippen LogP contribution < -0.4 is 0 Å². The molecule has 6 N–H and O–H groups in total. The zero-order chi connectivity index (χ0) is 18.3. The highest BCUT2D eigenvalue weighted by Gasteiger charge is 2.34. The molecule has 1 aromatic heterocycles. The molecule has 0 spiro atoms. The first-order chi connectivity index (χ1) is 11.3. The van der Waals surface area contributed by atoms with Crippen LogP contribution in [0.1, 0.15) is 5.69 Å². The molecule has 0 amide bonds. The van der Waals surface area contributed by atoms with Gasteiger partial charge in [-0.2, -0.15) is 0 Å². The van der Waals surface area contributed by atoms with Crippen molar-refractivity contribution in [2.45, 2.75) is 30.8 Å². The summed E-state index contributed by atoms with van der Waals surface area (Å²) in [5.74, 6) is -2.59. The predicted octanol–water partition coefficient (Wildman–Crippen LogP) is -2.97. The van der Waals surface area contributed by atoms with E-state index in [1.54, 1.807) is 0 Å². The summed E-state index contributed by atoms with van der Waals surface area (Å²) in [4.78, 5) is 40.4. The zero-order valence-electron chi connectivity index (χ0n) is 12.4. The second kappa shape index (κ2) is 9.02. The van der Waals surface area contributed by atoms with E-state index in [9.17, 15) is 34.9 Å². The average molecular weight is 346 g/mol. The summed E-state index contributed by atoms with van der Waals surface area (Å²) in [6.07, 6.45) is -3.48. The molecule has 4 atom stereocenters. The predicted molar refractivity (Wildman–Crippen MR) is 76.3 cm³/mol. The van der Waals surface area contributed by atoms with Crippen molar-refractivity contribution in [1.82, 2.24) is 15.0 Å². The second-order valence-corrected chi connectivity index (χ2v) is 4.97. The van der Waals surface area contributed by atoms with Gasteiger partial charge in [0.1, 0.15) is 24.9 Å². The number of nitrogens with one attached hydrogen (secondary N) is 1. The molecule has 0 aromatic carbocycles. The Hall–Kier alpha value is -2.41. The molecule has 0 aliphatic rings. The quantitative estimate of drug-likeness (QED) is 0.178. The fourth-order valence-electron chi connectivity index (χ4n) is 1.88. The Morgan fingerprint density at radius 2 is 2.00 bits per heavy atom. The van der Waals surface area contributed by atoms with Gasteiger partial charge in [-0.3, -0.25) is 4.79 Å². The largest absolute Gasteiger partial charge is 0.480 e. The number of aromatic amines is 1. The van der Waals surface area contributed by atoms with Crippen molar-refractivity contribution < 1.29 is 35.1 Å². The van der Waals surface area contributed by atoms with Gasteiger partial charge in [0.05, 0.1) is 18.2 Å². The molecule has 0 unspecified atom stereocenters. The number of imidazole rings is 1. The van der Waals surface area contributed by atoms with Crippen LogP contribution in [0.3, 0.4) is 0 Å². The molecule has 1 rings (SSSR count). The van der Waals surface area contributed by atoms with Gasteiger partial charge in [-0.05, 0) is 0 Å².